The van der Waals surface area contributed by atoms with Crippen molar-refractivity contribution in [3.05, 3.63) is 47.9 Å². The summed E-state index contributed by atoms with van der Waals surface area (Å²) in [5, 5.41) is 0. The van der Waals surface area contributed by atoms with Crippen LogP contribution in [0.1, 0.15) is 0 Å². The van der Waals surface area contributed by atoms with Crippen molar-refractivity contribution in [3.63, 3.8) is 0 Å². The van der Waals surface area contributed by atoms with E-state index in [0.29, 0.717) is 0 Å². The van der Waals surface area contributed by atoms with Gasteiger partial charge in [-0.3, -0.25) is 0 Å². The lowest BCUT2D eigenvalue weighted by Crippen LogP contribution is -1.82. The maximum absolute atomic E-state index is 12.8. The molecule has 0 N–H and O–H groups in total. The van der Waals surface area contributed by atoms with Crippen LogP contribution in [-0.4, -0.2) is 9.97 Å². The van der Waals surface area contributed by atoms with Crippen molar-refractivity contribution in [1.82, 2.24) is 9.97 Å². The van der Waals surface area contributed by atoms with Crippen LogP contribution in [0.15, 0.2) is 42.0 Å². The van der Waals surface area contributed by atoms with Gasteiger partial charge in [-0.25, -0.2) is 14.4 Å². The fourth-order valence-corrected chi connectivity index (χ4v) is 2.29. The molecule has 0 amide bonds. The first kappa shape index (κ1) is 9.42. The van der Waals surface area contributed by atoms with Crippen LogP contribution in [0.5, 0.6) is 0 Å². The third-order valence-electron chi connectivity index (χ3n) is 2.39. The largest absolute Gasteiger partial charge is 0.244 e. The van der Waals surface area contributed by atoms with Crippen LogP contribution in [0.4, 0.5) is 4.39 Å². The molecule has 2 heterocycles. The highest BCUT2D eigenvalue weighted by molar-refractivity contribution is 7.16. The average molecular weight is 230 g/mol. The van der Waals surface area contributed by atoms with E-state index in [-0.39, 0.29) is 5.82 Å². The average Bonchev–Trinajstić information content (AvgIpc) is 2.78. The van der Waals surface area contributed by atoms with Gasteiger partial charge in [-0.2, -0.15) is 0 Å². The molecule has 0 saturated carbocycles. The molecule has 0 unspecified atom stereocenters. The summed E-state index contributed by atoms with van der Waals surface area (Å²) in [5.41, 5.74) is 4.59. The number of hydrogen-bond donors (Lipinski definition) is 0. The highest BCUT2D eigenvalue weighted by Crippen LogP contribution is 2.27. The normalized spacial score (nSPS) is 10.8. The Morgan fingerprint density at radius 2 is 1.81 bits per heavy atom. The van der Waals surface area contributed by atoms with Gasteiger partial charge in [-0.1, -0.05) is 12.1 Å². The molecule has 16 heavy (non-hydrogen) atoms. The molecule has 3 aromatic rings. The van der Waals surface area contributed by atoms with Gasteiger partial charge in [0.15, 0.2) is 0 Å². The van der Waals surface area contributed by atoms with E-state index in [2.05, 4.69) is 9.97 Å². The molecule has 2 nitrogen and oxygen atoms in total. The van der Waals surface area contributed by atoms with Gasteiger partial charge in [0.05, 0.1) is 5.51 Å². The molecule has 78 valence electrons. The standard InChI is InChI=1S/C12H7FN2S/c13-9-3-1-8(2-4-9)10-5-6-14-12-11(10)15-7-16-12/h1-7H. The van der Waals surface area contributed by atoms with Crippen LogP contribution in [0.25, 0.3) is 21.5 Å². The molecular formula is C12H7FN2S. The number of hydrogen-bond acceptors (Lipinski definition) is 3. The van der Waals surface area contributed by atoms with Crippen LogP contribution >= 0.6 is 11.3 Å². The Bertz CT molecular complexity index is 631. The summed E-state index contributed by atoms with van der Waals surface area (Å²) in [7, 11) is 0. The highest BCUT2D eigenvalue weighted by Gasteiger charge is 2.06. The number of rotatable bonds is 1. The summed E-state index contributed by atoms with van der Waals surface area (Å²) in [4.78, 5) is 9.41. The first-order chi connectivity index (χ1) is 7.84. The minimum absolute atomic E-state index is 0.229. The number of fused-ring (bicyclic) bond motifs is 1. The Morgan fingerprint density at radius 3 is 2.62 bits per heavy atom. The number of halogens is 1. The van der Waals surface area contributed by atoms with E-state index in [1.165, 1.54) is 23.5 Å². The first-order valence-electron chi connectivity index (χ1n) is 4.79. The number of nitrogens with zero attached hydrogens (tertiary/aromatic N) is 2. The highest BCUT2D eigenvalue weighted by atomic mass is 32.1. The minimum Gasteiger partial charge on any atom is -0.244 e. The topological polar surface area (TPSA) is 25.8 Å². The molecule has 3 rings (SSSR count). The fraction of sp³-hybridized carbons (Fsp3) is 0. The Morgan fingerprint density at radius 1 is 1.00 bits per heavy atom. The van der Waals surface area contributed by atoms with E-state index >= 15 is 0 Å². The van der Waals surface area contributed by atoms with E-state index in [4.69, 9.17) is 0 Å². The smallest absolute Gasteiger partial charge is 0.143 e. The summed E-state index contributed by atoms with van der Waals surface area (Å²) < 4.78 is 12.8. The van der Waals surface area contributed by atoms with Crippen molar-refractivity contribution in [2.75, 3.05) is 0 Å². The lowest BCUT2D eigenvalue weighted by atomic mass is 10.1. The quantitative estimate of drug-likeness (QED) is 0.639. The van der Waals surface area contributed by atoms with Crippen molar-refractivity contribution in [1.29, 1.82) is 0 Å². The number of thiazole rings is 1. The summed E-state index contributed by atoms with van der Waals surface area (Å²) in [6.45, 7) is 0. The van der Waals surface area contributed by atoms with E-state index < -0.39 is 0 Å². The number of pyridine rings is 1. The summed E-state index contributed by atoms with van der Waals surface area (Å²) in [6.07, 6.45) is 1.75. The lowest BCUT2D eigenvalue weighted by molar-refractivity contribution is 0.628. The summed E-state index contributed by atoms with van der Waals surface area (Å²) in [6, 6.07) is 8.31. The molecular weight excluding hydrogens is 223 g/mol. The van der Waals surface area contributed by atoms with Gasteiger partial charge < -0.3 is 0 Å². The van der Waals surface area contributed by atoms with Crippen LogP contribution in [0, 0.1) is 5.82 Å². The molecule has 0 saturated heterocycles. The zero-order valence-electron chi connectivity index (χ0n) is 8.22. The molecule has 0 spiro atoms. The Balaban J connectivity index is 2.25. The van der Waals surface area contributed by atoms with Crippen LogP contribution in [0.2, 0.25) is 0 Å². The zero-order chi connectivity index (χ0) is 11.0. The van der Waals surface area contributed by atoms with E-state index in [1.807, 2.05) is 6.07 Å². The van der Waals surface area contributed by atoms with Gasteiger partial charge in [0.2, 0.25) is 0 Å². The van der Waals surface area contributed by atoms with E-state index in [1.54, 1.807) is 23.8 Å². The predicted molar refractivity (Wildman–Crippen MR) is 62.8 cm³/mol. The third-order valence-corrected chi connectivity index (χ3v) is 3.12. The van der Waals surface area contributed by atoms with Gasteiger partial charge in [0, 0.05) is 11.8 Å². The Labute approximate surface area is 95.4 Å². The van der Waals surface area contributed by atoms with Gasteiger partial charge in [0.25, 0.3) is 0 Å². The maximum atomic E-state index is 12.8. The molecule has 0 radical (unpaired) electrons. The van der Waals surface area contributed by atoms with Crippen molar-refractivity contribution in [2.45, 2.75) is 0 Å². The molecule has 0 fully saturated rings. The van der Waals surface area contributed by atoms with Gasteiger partial charge in [0.1, 0.15) is 16.2 Å². The van der Waals surface area contributed by atoms with E-state index in [0.717, 1.165) is 21.5 Å². The number of aromatic nitrogens is 2. The lowest BCUT2D eigenvalue weighted by Gasteiger charge is -2.01. The Hall–Kier alpha value is -1.81. The van der Waals surface area contributed by atoms with Crippen LogP contribution < -0.4 is 0 Å². The monoisotopic (exact) mass is 230 g/mol. The zero-order valence-corrected chi connectivity index (χ0v) is 9.04. The van der Waals surface area contributed by atoms with Crippen LogP contribution in [0.3, 0.4) is 0 Å². The fourth-order valence-electron chi connectivity index (χ4n) is 1.64. The molecule has 0 aliphatic heterocycles. The SMILES string of the molecule is Fc1ccc(-c2ccnc3scnc23)cc1. The van der Waals surface area contributed by atoms with Crippen molar-refractivity contribution in [2.24, 2.45) is 0 Å². The van der Waals surface area contributed by atoms with Gasteiger partial charge in [-0.05, 0) is 23.8 Å². The molecule has 0 atom stereocenters. The molecule has 0 aliphatic rings. The molecule has 4 heteroatoms. The van der Waals surface area contributed by atoms with Crippen molar-refractivity contribution < 1.29 is 4.39 Å². The minimum atomic E-state index is -0.229. The van der Waals surface area contributed by atoms with E-state index in [9.17, 15) is 4.39 Å². The van der Waals surface area contributed by atoms with Gasteiger partial charge >= 0.3 is 0 Å². The second-order valence-electron chi connectivity index (χ2n) is 3.37. The van der Waals surface area contributed by atoms with Crippen molar-refractivity contribution in [3.8, 4) is 11.1 Å². The summed E-state index contributed by atoms with van der Waals surface area (Å²) >= 11 is 1.50. The molecule has 0 aliphatic carbocycles. The summed E-state index contributed by atoms with van der Waals surface area (Å²) in [5.74, 6) is -0.229. The molecule has 0 bridgehead atoms. The second kappa shape index (κ2) is 3.64. The Kier molecular flexibility index (Phi) is 2.15. The van der Waals surface area contributed by atoms with Crippen molar-refractivity contribution >= 4 is 21.7 Å². The third kappa shape index (κ3) is 1.47. The first-order valence-corrected chi connectivity index (χ1v) is 5.67. The van der Waals surface area contributed by atoms with Gasteiger partial charge in [-0.15, -0.1) is 11.3 Å². The van der Waals surface area contributed by atoms with Crippen LogP contribution in [-0.2, 0) is 0 Å². The maximum Gasteiger partial charge on any atom is 0.143 e. The predicted octanol–water partition coefficient (Wildman–Crippen LogP) is 3.50. The molecule has 1 aromatic carbocycles. The molecule has 2 aromatic heterocycles. The second-order valence-corrected chi connectivity index (χ2v) is 4.20. The number of benzene rings is 1.